The molecular formula is C7H14S5. The Kier molecular flexibility index (Phi) is 4.45. The summed E-state index contributed by atoms with van der Waals surface area (Å²) in [5.41, 5.74) is 0. The fourth-order valence-corrected chi connectivity index (χ4v) is 3.47. The summed E-state index contributed by atoms with van der Waals surface area (Å²) in [5, 5.41) is 0.703. The lowest BCUT2D eigenvalue weighted by atomic mass is 10.0. The van der Waals surface area contributed by atoms with Gasteiger partial charge in [0.15, 0.2) is 0 Å². The molecule has 0 radical (unpaired) electrons. The van der Waals surface area contributed by atoms with Gasteiger partial charge >= 0.3 is 0 Å². The molecule has 12 heavy (non-hydrogen) atoms. The molecular weight excluding hydrogens is 244 g/mol. The minimum absolute atomic E-state index is 0.121. The average molecular weight is 259 g/mol. The zero-order chi connectivity index (χ0) is 9.35. The molecule has 1 fully saturated rings. The van der Waals surface area contributed by atoms with E-state index in [0.717, 1.165) is 12.2 Å². The van der Waals surface area contributed by atoms with Crippen LogP contribution in [0.2, 0.25) is 0 Å². The molecule has 0 amide bonds. The van der Waals surface area contributed by atoms with Crippen LogP contribution >= 0.6 is 62.3 Å². The topological polar surface area (TPSA) is 0 Å². The smallest absolute Gasteiger partial charge is 0.105 e. The van der Waals surface area contributed by atoms with Gasteiger partial charge in [-0.25, -0.2) is 0 Å². The van der Waals surface area contributed by atoms with Gasteiger partial charge in [0.1, 0.15) is 3.41 Å². The third kappa shape index (κ3) is 2.87. The first-order valence-corrected chi connectivity index (χ1v) is 6.79. The van der Waals surface area contributed by atoms with Crippen molar-refractivity contribution in [1.29, 1.82) is 0 Å². The SMILES string of the molecule is CC(S)C(S)CC1CSC1(S)S. The summed E-state index contributed by atoms with van der Waals surface area (Å²) in [5.74, 6) is 1.73. The van der Waals surface area contributed by atoms with Gasteiger partial charge < -0.3 is 0 Å². The summed E-state index contributed by atoms with van der Waals surface area (Å²) in [7, 11) is 0. The van der Waals surface area contributed by atoms with Crippen molar-refractivity contribution in [3.63, 3.8) is 0 Å². The maximum Gasteiger partial charge on any atom is 0.105 e. The van der Waals surface area contributed by atoms with E-state index in [1.807, 2.05) is 0 Å². The van der Waals surface area contributed by atoms with E-state index in [2.05, 4.69) is 57.4 Å². The molecule has 72 valence electrons. The summed E-state index contributed by atoms with van der Waals surface area (Å²) < 4.78 is -0.121. The number of thiol groups is 4. The monoisotopic (exact) mass is 258 g/mol. The van der Waals surface area contributed by atoms with Crippen molar-refractivity contribution < 1.29 is 0 Å². The van der Waals surface area contributed by atoms with E-state index in [1.54, 1.807) is 11.8 Å². The highest BCUT2D eigenvalue weighted by molar-refractivity contribution is 8.25. The lowest BCUT2D eigenvalue weighted by Gasteiger charge is -2.43. The maximum absolute atomic E-state index is 4.48. The van der Waals surface area contributed by atoms with Gasteiger partial charge in [0, 0.05) is 22.2 Å². The van der Waals surface area contributed by atoms with Crippen LogP contribution in [-0.2, 0) is 0 Å². The molecule has 0 aliphatic carbocycles. The van der Waals surface area contributed by atoms with Gasteiger partial charge in [0.05, 0.1) is 0 Å². The van der Waals surface area contributed by atoms with Crippen molar-refractivity contribution in [1.82, 2.24) is 0 Å². The second-order valence-corrected chi connectivity index (χ2v) is 8.32. The quantitative estimate of drug-likeness (QED) is 0.446. The largest absolute Gasteiger partial charge is 0.175 e. The van der Waals surface area contributed by atoms with E-state index >= 15 is 0 Å². The first-order chi connectivity index (χ1) is 5.43. The fraction of sp³-hybridized carbons (Fsp3) is 1.00. The first-order valence-electron chi connectivity index (χ1n) is 3.88. The van der Waals surface area contributed by atoms with E-state index in [1.165, 1.54) is 0 Å². The van der Waals surface area contributed by atoms with Crippen molar-refractivity contribution in [3.8, 4) is 0 Å². The van der Waals surface area contributed by atoms with Gasteiger partial charge in [-0.1, -0.05) is 6.92 Å². The van der Waals surface area contributed by atoms with Crippen molar-refractivity contribution in [3.05, 3.63) is 0 Å². The Morgan fingerprint density at radius 2 is 2.08 bits per heavy atom. The van der Waals surface area contributed by atoms with Crippen molar-refractivity contribution in [2.45, 2.75) is 27.3 Å². The molecule has 3 atom stereocenters. The molecule has 1 saturated heterocycles. The zero-order valence-electron chi connectivity index (χ0n) is 6.84. The lowest BCUT2D eigenvalue weighted by molar-refractivity contribution is 0.527. The van der Waals surface area contributed by atoms with Crippen molar-refractivity contribution in [2.75, 3.05) is 5.75 Å². The van der Waals surface area contributed by atoms with Crippen LogP contribution in [0.25, 0.3) is 0 Å². The maximum atomic E-state index is 4.48. The van der Waals surface area contributed by atoms with Crippen LogP contribution in [0, 0.1) is 5.92 Å². The Morgan fingerprint density at radius 3 is 2.33 bits per heavy atom. The molecule has 0 aromatic heterocycles. The standard InChI is InChI=1S/C7H14S5/c1-4(8)6(9)2-5-3-12-7(5,10)11/h4-6,8-11H,2-3H2,1H3. The predicted octanol–water partition coefficient (Wildman–Crippen LogP) is 2.87. The predicted molar refractivity (Wildman–Crippen MR) is 72.5 cm³/mol. The summed E-state index contributed by atoms with van der Waals surface area (Å²) in [4.78, 5) is 0. The van der Waals surface area contributed by atoms with Crippen LogP contribution in [0.4, 0.5) is 0 Å². The second-order valence-electron chi connectivity index (χ2n) is 3.21. The third-order valence-corrected chi connectivity index (χ3v) is 6.20. The molecule has 0 N–H and O–H groups in total. The molecule has 0 aromatic carbocycles. The molecule has 3 unspecified atom stereocenters. The van der Waals surface area contributed by atoms with Gasteiger partial charge in [-0.05, 0) is 6.42 Å². The third-order valence-electron chi connectivity index (χ3n) is 2.11. The Balaban J connectivity index is 2.32. The van der Waals surface area contributed by atoms with Crippen LogP contribution in [0.1, 0.15) is 13.3 Å². The van der Waals surface area contributed by atoms with Crippen LogP contribution in [0.15, 0.2) is 0 Å². The van der Waals surface area contributed by atoms with Gasteiger partial charge in [-0.3, -0.25) is 0 Å². The zero-order valence-corrected chi connectivity index (χ0v) is 11.2. The number of thioether (sulfide) groups is 1. The highest BCUT2D eigenvalue weighted by Crippen LogP contribution is 2.54. The second kappa shape index (κ2) is 4.51. The lowest BCUT2D eigenvalue weighted by Crippen LogP contribution is -2.38. The summed E-state index contributed by atoms with van der Waals surface area (Å²) in [6.07, 6.45) is 1.06. The Morgan fingerprint density at radius 1 is 1.50 bits per heavy atom. The van der Waals surface area contributed by atoms with Crippen LogP contribution < -0.4 is 0 Å². The first kappa shape index (κ1) is 11.8. The number of hydrogen-bond donors (Lipinski definition) is 4. The van der Waals surface area contributed by atoms with Gasteiger partial charge in [-0.2, -0.15) is 50.5 Å². The summed E-state index contributed by atoms with van der Waals surface area (Å²) in [6, 6.07) is 0. The minimum atomic E-state index is -0.121. The molecule has 1 rings (SSSR count). The van der Waals surface area contributed by atoms with E-state index < -0.39 is 0 Å². The van der Waals surface area contributed by atoms with Crippen LogP contribution in [0.3, 0.4) is 0 Å². The van der Waals surface area contributed by atoms with Crippen molar-refractivity contribution in [2.24, 2.45) is 5.92 Å². The highest BCUT2D eigenvalue weighted by atomic mass is 32.2. The number of hydrogen-bond acceptors (Lipinski definition) is 5. The number of rotatable bonds is 3. The van der Waals surface area contributed by atoms with E-state index in [0.29, 0.717) is 16.4 Å². The molecule has 0 spiro atoms. The Labute approximate surface area is 101 Å². The van der Waals surface area contributed by atoms with Crippen LogP contribution in [0.5, 0.6) is 0 Å². The normalized spacial score (nSPS) is 32.2. The molecule has 0 aromatic rings. The van der Waals surface area contributed by atoms with E-state index in [-0.39, 0.29) is 3.41 Å². The van der Waals surface area contributed by atoms with Gasteiger partial charge in [0.25, 0.3) is 0 Å². The van der Waals surface area contributed by atoms with E-state index in [9.17, 15) is 0 Å². The van der Waals surface area contributed by atoms with Crippen LogP contribution in [-0.4, -0.2) is 19.7 Å². The molecule has 0 saturated carbocycles. The summed E-state index contributed by atoms with van der Waals surface area (Å²) >= 11 is 19.5. The molecule has 1 aliphatic heterocycles. The van der Waals surface area contributed by atoms with Crippen molar-refractivity contribution >= 4 is 62.3 Å². The molecule has 0 nitrogen and oxygen atoms in total. The van der Waals surface area contributed by atoms with Gasteiger partial charge in [-0.15, -0.1) is 11.8 Å². The average Bonchev–Trinajstić information content (AvgIpc) is 1.97. The Bertz CT molecular complexity index is 156. The molecule has 5 heteroatoms. The minimum Gasteiger partial charge on any atom is -0.175 e. The highest BCUT2D eigenvalue weighted by Gasteiger charge is 2.42. The molecule has 1 aliphatic rings. The molecule has 0 bridgehead atoms. The Hall–Kier alpha value is 1.75. The molecule has 1 heterocycles. The van der Waals surface area contributed by atoms with E-state index in [4.69, 9.17) is 0 Å². The fourth-order valence-electron chi connectivity index (χ4n) is 1.06. The summed E-state index contributed by atoms with van der Waals surface area (Å²) in [6.45, 7) is 2.07. The van der Waals surface area contributed by atoms with Gasteiger partial charge in [0.2, 0.25) is 0 Å².